The first-order chi connectivity index (χ1) is 11.8. The van der Waals surface area contributed by atoms with Crippen LogP contribution in [0.15, 0.2) is 66.7 Å². The van der Waals surface area contributed by atoms with Gasteiger partial charge in [-0.3, -0.25) is 0 Å². The molecule has 0 aliphatic heterocycles. The maximum Gasteiger partial charge on any atom is 0.122 e. The van der Waals surface area contributed by atoms with Crippen LogP contribution < -0.4 is 0 Å². The number of benzene rings is 3. The maximum absolute atomic E-state index is 10.9. The second kappa shape index (κ2) is 6.16. The molecule has 0 amide bonds. The van der Waals surface area contributed by atoms with Gasteiger partial charge in [0.25, 0.3) is 0 Å². The lowest BCUT2D eigenvalue weighted by molar-refractivity contribution is 0.459. The zero-order valence-electron chi connectivity index (χ0n) is 14.0. The van der Waals surface area contributed by atoms with E-state index in [1.165, 1.54) is 22.3 Å². The van der Waals surface area contributed by atoms with Gasteiger partial charge in [-0.25, -0.2) is 0 Å². The lowest BCUT2D eigenvalue weighted by Gasteiger charge is -2.18. The maximum atomic E-state index is 10.9. The van der Waals surface area contributed by atoms with Gasteiger partial charge in [0, 0.05) is 11.5 Å². The summed E-state index contributed by atoms with van der Waals surface area (Å²) in [6, 6.07) is 23.4. The third-order valence-electron chi connectivity index (χ3n) is 5.10. The van der Waals surface area contributed by atoms with Crippen LogP contribution in [0.4, 0.5) is 0 Å². The lowest BCUT2D eigenvalue weighted by Crippen LogP contribution is -2.01. The Labute approximate surface area is 143 Å². The number of unbranched alkanes of at least 4 members (excludes halogenated alkanes) is 1. The molecule has 3 aromatic carbocycles. The number of hydrogen-bond donors (Lipinski definition) is 1. The highest BCUT2D eigenvalue weighted by molar-refractivity contribution is 5.81. The number of rotatable bonds is 4. The van der Waals surface area contributed by atoms with Crippen molar-refractivity contribution in [1.29, 1.82) is 0 Å². The fraction of sp³-hybridized carbons (Fsp3) is 0.217. The number of fused-ring (bicyclic) bond motifs is 3. The summed E-state index contributed by atoms with van der Waals surface area (Å²) in [5, 5.41) is 10.9. The summed E-state index contributed by atoms with van der Waals surface area (Å²) in [5.41, 5.74) is 7.26. The van der Waals surface area contributed by atoms with Crippen LogP contribution in [0.3, 0.4) is 0 Å². The first-order valence-electron chi connectivity index (χ1n) is 8.80. The van der Waals surface area contributed by atoms with E-state index in [0.717, 1.165) is 30.4 Å². The van der Waals surface area contributed by atoms with E-state index in [0.29, 0.717) is 5.75 Å². The summed E-state index contributed by atoms with van der Waals surface area (Å²) in [4.78, 5) is 0. The predicted molar refractivity (Wildman–Crippen MR) is 99.5 cm³/mol. The molecule has 0 heterocycles. The van der Waals surface area contributed by atoms with E-state index in [9.17, 15) is 5.11 Å². The van der Waals surface area contributed by atoms with Gasteiger partial charge in [-0.05, 0) is 40.7 Å². The Morgan fingerprint density at radius 1 is 0.750 bits per heavy atom. The molecule has 0 atom stereocenters. The summed E-state index contributed by atoms with van der Waals surface area (Å²) in [6.45, 7) is 2.18. The molecule has 1 nitrogen and oxygen atoms in total. The van der Waals surface area contributed by atoms with Gasteiger partial charge in [0.15, 0.2) is 0 Å². The average Bonchev–Trinajstić information content (AvgIpc) is 2.96. The van der Waals surface area contributed by atoms with E-state index < -0.39 is 0 Å². The van der Waals surface area contributed by atoms with Crippen LogP contribution in [-0.4, -0.2) is 5.11 Å². The van der Waals surface area contributed by atoms with E-state index in [4.69, 9.17) is 0 Å². The minimum atomic E-state index is 0.124. The van der Waals surface area contributed by atoms with Gasteiger partial charge < -0.3 is 5.11 Å². The van der Waals surface area contributed by atoms with Gasteiger partial charge in [0.05, 0.1) is 0 Å². The first kappa shape index (κ1) is 15.0. The van der Waals surface area contributed by atoms with Gasteiger partial charge in [-0.2, -0.15) is 0 Å². The molecular formula is C23H22O. The second-order valence-electron chi connectivity index (χ2n) is 6.57. The summed E-state index contributed by atoms with van der Waals surface area (Å²) in [6.07, 6.45) is 3.18. The number of para-hydroxylation sites is 1. The summed E-state index contributed by atoms with van der Waals surface area (Å²) in [7, 11) is 0. The van der Waals surface area contributed by atoms with Gasteiger partial charge in [0.2, 0.25) is 0 Å². The van der Waals surface area contributed by atoms with Crippen molar-refractivity contribution in [3.8, 4) is 16.9 Å². The highest BCUT2D eigenvalue weighted by atomic mass is 16.3. The van der Waals surface area contributed by atoms with Crippen LogP contribution >= 0.6 is 0 Å². The number of phenolic OH excluding ortho intramolecular Hbond substituents is 1. The zero-order valence-corrected chi connectivity index (χ0v) is 14.0. The summed E-state index contributed by atoms with van der Waals surface area (Å²) in [5.74, 6) is 0.599. The second-order valence-corrected chi connectivity index (χ2v) is 6.57. The highest BCUT2D eigenvalue weighted by Crippen LogP contribution is 2.50. The van der Waals surface area contributed by atoms with E-state index in [-0.39, 0.29) is 5.92 Å². The molecule has 1 aliphatic carbocycles. The molecule has 120 valence electrons. The van der Waals surface area contributed by atoms with Crippen LogP contribution in [0.1, 0.15) is 47.9 Å². The van der Waals surface area contributed by atoms with E-state index in [1.807, 2.05) is 0 Å². The minimum Gasteiger partial charge on any atom is -0.507 e. The number of aromatic hydroxyl groups is 1. The Hall–Kier alpha value is -2.54. The van der Waals surface area contributed by atoms with E-state index >= 15 is 0 Å². The average molecular weight is 314 g/mol. The molecule has 0 saturated heterocycles. The smallest absolute Gasteiger partial charge is 0.122 e. The highest BCUT2D eigenvalue weighted by Gasteiger charge is 2.31. The van der Waals surface area contributed by atoms with E-state index in [2.05, 4.69) is 73.7 Å². The number of phenols is 1. The monoisotopic (exact) mass is 314 g/mol. The Bertz CT molecular complexity index is 833. The third kappa shape index (κ3) is 2.32. The molecule has 1 heteroatoms. The van der Waals surface area contributed by atoms with Crippen molar-refractivity contribution in [1.82, 2.24) is 0 Å². The van der Waals surface area contributed by atoms with Crippen molar-refractivity contribution in [2.45, 2.75) is 32.1 Å². The van der Waals surface area contributed by atoms with Crippen LogP contribution in [-0.2, 0) is 6.42 Å². The van der Waals surface area contributed by atoms with Crippen molar-refractivity contribution in [3.63, 3.8) is 0 Å². The molecular weight excluding hydrogens is 292 g/mol. The Balaban J connectivity index is 1.88. The molecule has 4 rings (SSSR count). The van der Waals surface area contributed by atoms with Crippen LogP contribution in [0.2, 0.25) is 0 Å². The quantitative estimate of drug-likeness (QED) is 0.497. The van der Waals surface area contributed by atoms with Crippen molar-refractivity contribution < 1.29 is 5.11 Å². The molecule has 0 unspecified atom stereocenters. The van der Waals surface area contributed by atoms with Gasteiger partial charge in [-0.1, -0.05) is 80.1 Å². The number of aryl methyl sites for hydroxylation is 1. The zero-order chi connectivity index (χ0) is 16.5. The van der Waals surface area contributed by atoms with Crippen molar-refractivity contribution >= 4 is 0 Å². The van der Waals surface area contributed by atoms with Gasteiger partial charge in [0.1, 0.15) is 5.75 Å². The standard InChI is InChI=1S/C23H22O/c1-2-3-9-16-10-8-15-21(23(16)24)22-19-13-6-4-11-17(19)18-12-5-7-14-20(18)22/h4-8,10-15,22,24H,2-3,9H2,1H3. The SMILES string of the molecule is CCCCc1cccc(C2c3ccccc3-c3ccccc32)c1O. The lowest BCUT2D eigenvalue weighted by atomic mass is 9.87. The van der Waals surface area contributed by atoms with Crippen molar-refractivity contribution in [2.75, 3.05) is 0 Å². The van der Waals surface area contributed by atoms with E-state index in [1.54, 1.807) is 0 Å². The molecule has 0 spiro atoms. The predicted octanol–water partition coefficient (Wildman–Crippen LogP) is 5.90. The molecule has 1 aliphatic rings. The Morgan fingerprint density at radius 3 is 1.96 bits per heavy atom. The summed E-state index contributed by atoms with van der Waals surface area (Å²) >= 11 is 0. The molecule has 1 N–H and O–H groups in total. The van der Waals surface area contributed by atoms with Crippen LogP contribution in [0.25, 0.3) is 11.1 Å². The van der Waals surface area contributed by atoms with Crippen LogP contribution in [0.5, 0.6) is 5.75 Å². The molecule has 0 saturated carbocycles. The Kier molecular flexibility index (Phi) is 3.86. The third-order valence-corrected chi connectivity index (χ3v) is 5.10. The van der Waals surface area contributed by atoms with Crippen molar-refractivity contribution in [3.05, 3.63) is 89.0 Å². The van der Waals surface area contributed by atoms with Crippen LogP contribution in [0, 0.1) is 0 Å². The molecule has 24 heavy (non-hydrogen) atoms. The fourth-order valence-corrected chi connectivity index (χ4v) is 3.90. The topological polar surface area (TPSA) is 20.2 Å². The van der Waals surface area contributed by atoms with Gasteiger partial charge in [-0.15, -0.1) is 0 Å². The Morgan fingerprint density at radius 2 is 1.33 bits per heavy atom. The molecule has 0 radical (unpaired) electrons. The first-order valence-corrected chi connectivity index (χ1v) is 8.80. The fourth-order valence-electron chi connectivity index (χ4n) is 3.90. The largest absolute Gasteiger partial charge is 0.507 e. The molecule has 0 aromatic heterocycles. The molecule has 3 aromatic rings. The van der Waals surface area contributed by atoms with Gasteiger partial charge >= 0.3 is 0 Å². The van der Waals surface area contributed by atoms with Crippen molar-refractivity contribution in [2.24, 2.45) is 0 Å². The summed E-state index contributed by atoms with van der Waals surface area (Å²) < 4.78 is 0. The normalized spacial score (nSPS) is 12.9. The molecule has 0 fully saturated rings. The minimum absolute atomic E-state index is 0.124. The molecule has 0 bridgehead atoms. The number of hydrogen-bond acceptors (Lipinski definition) is 1.